The summed E-state index contributed by atoms with van der Waals surface area (Å²) in [7, 11) is 0. The first-order valence-corrected chi connectivity index (χ1v) is 4.90. The Bertz CT molecular complexity index is 352. The molecule has 0 atom stereocenters. The fourth-order valence-electron chi connectivity index (χ4n) is 1.03. The Morgan fingerprint density at radius 3 is 2.25 bits per heavy atom. The zero-order chi connectivity index (χ0) is 12.2. The molecule has 16 heavy (non-hydrogen) atoms. The molecule has 4 heteroatoms. The molecule has 0 amide bonds. The minimum Gasteiger partial charge on any atom is -0.489 e. The topological polar surface area (TPSA) is 9.23 Å². The molecule has 0 radical (unpaired) electrons. The second kappa shape index (κ2) is 5.05. The minimum absolute atomic E-state index is 0.335. The summed E-state index contributed by atoms with van der Waals surface area (Å²) in [5.74, 6) is 0.419. The number of hydrogen-bond donors (Lipinski definition) is 0. The second-order valence-electron chi connectivity index (χ2n) is 3.41. The van der Waals surface area contributed by atoms with Gasteiger partial charge in [0.15, 0.2) is 0 Å². The standard InChI is InChI=1S/C12H13F3O/c1-3-9(2)8-16-11-6-4-10(5-7-11)12(13,14)15/h4-7H,2-3,8H2,1H3. The Kier molecular flexibility index (Phi) is 3.99. The molecule has 88 valence electrons. The highest BCUT2D eigenvalue weighted by atomic mass is 19.4. The first-order chi connectivity index (χ1) is 7.43. The lowest BCUT2D eigenvalue weighted by Gasteiger charge is -2.09. The number of ether oxygens (including phenoxy) is 1. The molecule has 0 unspecified atom stereocenters. The number of hydrogen-bond acceptors (Lipinski definition) is 1. The largest absolute Gasteiger partial charge is 0.489 e. The normalized spacial score (nSPS) is 11.2. The van der Waals surface area contributed by atoms with Crippen molar-refractivity contribution in [1.82, 2.24) is 0 Å². The zero-order valence-corrected chi connectivity index (χ0v) is 8.97. The molecule has 0 saturated carbocycles. The average molecular weight is 230 g/mol. The van der Waals surface area contributed by atoms with Gasteiger partial charge in [-0.15, -0.1) is 0 Å². The molecule has 1 aromatic rings. The lowest BCUT2D eigenvalue weighted by Crippen LogP contribution is -2.05. The molecular formula is C12H13F3O. The van der Waals surface area contributed by atoms with Crippen molar-refractivity contribution in [3.63, 3.8) is 0 Å². The van der Waals surface area contributed by atoms with Crippen molar-refractivity contribution in [2.45, 2.75) is 19.5 Å². The van der Waals surface area contributed by atoms with Crippen molar-refractivity contribution >= 4 is 0 Å². The van der Waals surface area contributed by atoms with Gasteiger partial charge in [0.1, 0.15) is 12.4 Å². The first kappa shape index (κ1) is 12.6. The molecule has 0 aliphatic heterocycles. The van der Waals surface area contributed by atoms with Crippen molar-refractivity contribution in [2.24, 2.45) is 0 Å². The van der Waals surface area contributed by atoms with Crippen molar-refractivity contribution in [2.75, 3.05) is 6.61 Å². The summed E-state index contributed by atoms with van der Waals surface area (Å²) in [6, 6.07) is 4.63. The molecule has 0 aromatic heterocycles. The molecule has 0 N–H and O–H groups in total. The van der Waals surface area contributed by atoms with Crippen molar-refractivity contribution in [3.05, 3.63) is 42.0 Å². The summed E-state index contributed by atoms with van der Waals surface area (Å²) in [4.78, 5) is 0. The first-order valence-electron chi connectivity index (χ1n) is 4.90. The van der Waals surface area contributed by atoms with Gasteiger partial charge in [-0.3, -0.25) is 0 Å². The summed E-state index contributed by atoms with van der Waals surface area (Å²) in [6.07, 6.45) is -3.51. The predicted molar refractivity (Wildman–Crippen MR) is 56.4 cm³/mol. The van der Waals surface area contributed by atoms with Crippen LogP contribution in [-0.4, -0.2) is 6.61 Å². The van der Waals surface area contributed by atoms with Gasteiger partial charge in [-0.2, -0.15) is 13.2 Å². The molecule has 0 spiro atoms. The van der Waals surface area contributed by atoms with Gasteiger partial charge in [-0.1, -0.05) is 13.5 Å². The van der Waals surface area contributed by atoms with E-state index in [-0.39, 0.29) is 0 Å². The molecule has 0 aliphatic rings. The van der Waals surface area contributed by atoms with Crippen LogP contribution in [-0.2, 0) is 6.18 Å². The summed E-state index contributed by atoms with van der Waals surface area (Å²) in [6.45, 7) is 6.02. The molecular weight excluding hydrogens is 217 g/mol. The van der Waals surface area contributed by atoms with E-state index in [1.54, 1.807) is 0 Å². The maximum atomic E-state index is 12.2. The number of halogens is 3. The Balaban J connectivity index is 2.62. The van der Waals surface area contributed by atoms with Crippen molar-refractivity contribution in [3.8, 4) is 5.75 Å². The maximum Gasteiger partial charge on any atom is 0.416 e. The molecule has 1 nitrogen and oxygen atoms in total. The fourth-order valence-corrected chi connectivity index (χ4v) is 1.03. The summed E-state index contributed by atoms with van der Waals surface area (Å²) >= 11 is 0. The SMILES string of the molecule is C=C(CC)COc1ccc(C(F)(F)F)cc1. The van der Waals surface area contributed by atoms with E-state index in [9.17, 15) is 13.2 Å². The van der Waals surface area contributed by atoms with Crippen LogP contribution in [0.1, 0.15) is 18.9 Å². The van der Waals surface area contributed by atoms with Gasteiger partial charge < -0.3 is 4.74 Å². The average Bonchev–Trinajstić information content (AvgIpc) is 2.25. The van der Waals surface area contributed by atoms with Gasteiger partial charge in [0, 0.05) is 0 Å². The minimum atomic E-state index is -4.30. The van der Waals surface area contributed by atoms with Gasteiger partial charge in [0.05, 0.1) is 5.56 Å². The molecule has 0 saturated heterocycles. The Morgan fingerprint density at radius 2 is 1.81 bits per heavy atom. The molecule has 0 bridgehead atoms. The Hall–Kier alpha value is -1.45. The van der Waals surface area contributed by atoms with E-state index in [1.807, 2.05) is 6.92 Å². The molecule has 0 fully saturated rings. The molecule has 0 heterocycles. The van der Waals surface area contributed by atoms with E-state index in [4.69, 9.17) is 4.74 Å². The Morgan fingerprint density at radius 1 is 1.25 bits per heavy atom. The van der Waals surface area contributed by atoms with Crippen LogP contribution in [0.15, 0.2) is 36.4 Å². The van der Waals surface area contributed by atoms with Crippen LogP contribution in [0.5, 0.6) is 5.75 Å². The van der Waals surface area contributed by atoms with Crippen LogP contribution in [0.25, 0.3) is 0 Å². The van der Waals surface area contributed by atoms with Gasteiger partial charge in [-0.25, -0.2) is 0 Å². The summed E-state index contributed by atoms with van der Waals surface area (Å²) < 4.78 is 42.0. The van der Waals surface area contributed by atoms with Gasteiger partial charge >= 0.3 is 6.18 Å². The third-order valence-electron chi connectivity index (χ3n) is 2.12. The molecule has 1 rings (SSSR count). The number of rotatable bonds is 4. The highest BCUT2D eigenvalue weighted by molar-refractivity contribution is 5.29. The van der Waals surface area contributed by atoms with Gasteiger partial charge in [0.2, 0.25) is 0 Å². The lowest BCUT2D eigenvalue weighted by atomic mass is 10.2. The van der Waals surface area contributed by atoms with Crippen LogP contribution in [0.3, 0.4) is 0 Å². The van der Waals surface area contributed by atoms with Gasteiger partial charge in [0.25, 0.3) is 0 Å². The van der Waals surface area contributed by atoms with E-state index >= 15 is 0 Å². The van der Waals surface area contributed by atoms with Crippen LogP contribution in [0.2, 0.25) is 0 Å². The van der Waals surface area contributed by atoms with Crippen LogP contribution in [0.4, 0.5) is 13.2 Å². The third kappa shape index (κ3) is 3.61. The quantitative estimate of drug-likeness (QED) is 0.709. The van der Waals surface area contributed by atoms with Gasteiger partial charge in [-0.05, 0) is 36.3 Å². The highest BCUT2D eigenvalue weighted by Crippen LogP contribution is 2.30. The van der Waals surface area contributed by atoms with Crippen molar-refractivity contribution in [1.29, 1.82) is 0 Å². The highest BCUT2D eigenvalue weighted by Gasteiger charge is 2.29. The monoisotopic (exact) mass is 230 g/mol. The van der Waals surface area contributed by atoms with E-state index < -0.39 is 11.7 Å². The molecule has 1 aromatic carbocycles. The number of alkyl halides is 3. The van der Waals surface area contributed by atoms with E-state index in [2.05, 4.69) is 6.58 Å². The zero-order valence-electron chi connectivity index (χ0n) is 8.97. The fraction of sp³-hybridized carbons (Fsp3) is 0.333. The smallest absolute Gasteiger partial charge is 0.416 e. The summed E-state index contributed by atoms with van der Waals surface area (Å²) in [5, 5.41) is 0. The van der Waals surface area contributed by atoms with Crippen LogP contribution in [0, 0.1) is 0 Å². The van der Waals surface area contributed by atoms with E-state index in [1.165, 1.54) is 12.1 Å². The van der Waals surface area contributed by atoms with E-state index in [0.29, 0.717) is 12.4 Å². The Labute approximate surface area is 92.5 Å². The lowest BCUT2D eigenvalue weighted by molar-refractivity contribution is -0.137. The predicted octanol–water partition coefficient (Wildman–Crippen LogP) is 4.05. The maximum absolute atomic E-state index is 12.2. The van der Waals surface area contributed by atoms with Crippen LogP contribution < -0.4 is 4.74 Å². The summed E-state index contributed by atoms with van der Waals surface area (Å²) in [5.41, 5.74) is 0.231. The molecule has 0 aliphatic carbocycles. The van der Waals surface area contributed by atoms with Crippen LogP contribution >= 0.6 is 0 Å². The third-order valence-corrected chi connectivity index (χ3v) is 2.12. The second-order valence-corrected chi connectivity index (χ2v) is 3.41. The van der Waals surface area contributed by atoms with E-state index in [0.717, 1.165) is 24.1 Å². The van der Waals surface area contributed by atoms with Crippen molar-refractivity contribution < 1.29 is 17.9 Å². The number of benzene rings is 1.